The van der Waals surface area contributed by atoms with E-state index in [1.165, 1.54) is 13.0 Å². The third-order valence-corrected chi connectivity index (χ3v) is 5.31. The van der Waals surface area contributed by atoms with Crippen LogP contribution in [0.2, 0.25) is 0 Å². The third-order valence-electron chi connectivity index (χ3n) is 4.62. The number of amides is 2. The highest BCUT2D eigenvalue weighted by molar-refractivity contribution is 9.10. The zero-order valence-electron chi connectivity index (χ0n) is 15.2. The standard InChI is InChI=1S/C19H19BrN4O4/c1-13(25)22-8-10-23(11-9-22)17-7-6-14(12-18(17)24(27)28)19(26)21-16-5-3-2-4-15(16)20/h2-7,12H,8-11H2,1H3,(H,21,26). The van der Waals surface area contributed by atoms with Crippen LogP contribution in [0.3, 0.4) is 0 Å². The maximum Gasteiger partial charge on any atom is 0.293 e. The number of hydrogen-bond donors (Lipinski definition) is 1. The van der Waals surface area contributed by atoms with E-state index < -0.39 is 10.8 Å². The van der Waals surface area contributed by atoms with Gasteiger partial charge in [-0.15, -0.1) is 0 Å². The van der Waals surface area contributed by atoms with Gasteiger partial charge in [0.1, 0.15) is 5.69 Å². The molecule has 3 rings (SSSR count). The Kier molecular flexibility index (Phi) is 5.93. The Bertz CT molecular complexity index is 926. The van der Waals surface area contributed by atoms with Crippen LogP contribution in [0.25, 0.3) is 0 Å². The van der Waals surface area contributed by atoms with Crippen LogP contribution in [0.5, 0.6) is 0 Å². The fourth-order valence-electron chi connectivity index (χ4n) is 3.10. The molecule has 2 aromatic rings. The second kappa shape index (κ2) is 8.39. The van der Waals surface area contributed by atoms with Gasteiger partial charge in [-0.05, 0) is 40.2 Å². The molecule has 0 aliphatic carbocycles. The molecule has 1 heterocycles. The maximum atomic E-state index is 12.5. The highest BCUT2D eigenvalue weighted by Crippen LogP contribution is 2.31. The van der Waals surface area contributed by atoms with Crippen molar-refractivity contribution in [1.82, 2.24) is 4.90 Å². The number of nitro benzene ring substituents is 1. The number of carbonyl (C=O) groups excluding carboxylic acids is 2. The van der Waals surface area contributed by atoms with Gasteiger partial charge in [0.2, 0.25) is 5.91 Å². The number of rotatable bonds is 4. The summed E-state index contributed by atoms with van der Waals surface area (Å²) in [6.45, 7) is 3.54. The number of para-hydroxylation sites is 1. The largest absolute Gasteiger partial charge is 0.362 e. The van der Waals surface area contributed by atoms with Crippen molar-refractivity contribution in [2.45, 2.75) is 6.92 Å². The lowest BCUT2D eigenvalue weighted by atomic mass is 10.1. The Morgan fingerprint density at radius 3 is 2.39 bits per heavy atom. The summed E-state index contributed by atoms with van der Waals surface area (Å²) >= 11 is 3.36. The zero-order chi connectivity index (χ0) is 20.3. The Balaban J connectivity index is 1.81. The van der Waals surface area contributed by atoms with Gasteiger partial charge in [-0.3, -0.25) is 19.7 Å². The Morgan fingerprint density at radius 2 is 1.79 bits per heavy atom. The number of nitro groups is 1. The lowest BCUT2D eigenvalue weighted by Gasteiger charge is -2.35. The van der Waals surface area contributed by atoms with Crippen molar-refractivity contribution < 1.29 is 14.5 Å². The van der Waals surface area contributed by atoms with Crippen molar-refractivity contribution in [2.75, 3.05) is 36.4 Å². The lowest BCUT2D eigenvalue weighted by molar-refractivity contribution is -0.384. The van der Waals surface area contributed by atoms with Crippen molar-refractivity contribution in [3.05, 3.63) is 62.6 Å². The van der Waals surface area contributed by atoms with E-state index in [9.17, 15) is 19.7 Å². The first-order chi connectivity index (χ1) is 13.4. The van der Waals surface area contributed by atoms with Gasteiger partial charge < -0.3 is 15.1 Å². The first kappa shape index (κ1) is 19.8. The summed E-state index contributed by atoms with van der Waals surface area (Å²) in [7, 11) is 0. The van der Waals surface area contributed by atoms with Crippen LogP contribution >= 0.6 is 15.9 Å². The summed E-state index contributed by atoms with van der Waals surface area (Å²) in [5.74, 6) is -0.434. The number of nitrogens with zero attached hydrogens (tertiary/aromatic N) is 3. The van der Waals surface area contributed by atoms with Crippen LogP contribution in [0, 0.1) is 10.1 Å². The molecular formula is C19H19BrN4O4. The number of nitrogens with one attached hydrogen (secondary N) is 1. The van der Waals surface area contributed by atoms with E-state index in [4.69, 9.17) is 0 Å². The minimum atomic E-state index is -0.484. The molecule has 1 saturated heterocycles. The number of halogens is 1. The van der Waals surface area contributed by atoms with Crippen molar-refractivity contribution >= 4 is 44.8 Å². The summed E-state index contributed by atoms with van der Waals surface area (Å²) < 4.78 is 0.720. The maximum absolute atomic E-state index is 12.5. The molecule has 8 nitrogen and oxygen atoms in total. The Morgan fingerprint density at radius 1 is 1.11 bits per heavy atom. The molecule has 0 atom stereocenters. The summed E-state index contributed by atoms with van der Waals surface area (Å²) in [5, 5.41) is 14.3. The van der Waals surface area contributed by atoms with Crippen LogP contribution < -0.4 is 10.2 Å². The number of anilines is 2. The normalized spacial score (nSPS) is 13.9. The van der Waals surface area contributed by atoms with E-state index in [0.717, 1.165) is 4.47 Å². The highest BCUT2D eigenvalue weighted by Gasteiger charge is 2.26. The van der Waals surface area contributed by atoms with E-state index >= 15 is 0 Å². The van der Waals surface area contributed by atoms with Gasteiger partial charge in [0.05, 0.1) is 10.6 Å². The molecule has 0 spiro atoms. The van der Waals surface area contributed by atoms with E-state index in [1.54, 1.807) is 35.2 Å². The van der Waals surface area contributed by atoms with Gasteiger partial charge in [0.25, 0.3) is 11.6 Å². The summed E-state index contributed by atoms with van der Waals surface area (Å²) in [6.07, 6.45) is 0. The molecule has 1 fully saturated rings. The summed E-state index contributed by atoms with van der Waals surface area (Å²) in [5.41, 5.74) is 1.11. The fraction of sp³-hybridized carbons (Fsp3) is 0.263. The van der Waals surface area contributed by atoms with E-state index in [2.05, 4.69) is 21.2 Å². The molecule has 146 valence electrons. The molecule has 28 heavy (non-hydrogen) atoms. The molecule has 0 aromatic heterocycles. The number of carbonyl (C=O) groups is 2. The molecule has 0 radical (unpaired) electrons. The third kappa shape index (κ3) is 4.30. The predicted octanol–water partition coefficient (Wildman–Crippen LogP) is 3.28. The molecule has 0 saturated carbocycles. The quantitative estimate of drug-likeness (QED) is 0.574. The van der Waals surface area contributed by atoms with E-state index in [-0.39, 0.29) is 17.2 Å². The molecule has 0 unspecified atom stereocenters. The van der Waals surface area contributed by atoms with Crippen LogP contribution in [-0.2, 0) is 4.79 Å². The first-order valence-electron chi connectivity index (χ1n) is 8.71. The minimum absolute atomic E-state index is 0.00626. The van der Waals surface area contributed by atoms with Gasteiger partial charge in [0, 0.05) is 49.2 Å². The second-order valence-electron chi connectivity index (χ2n) is 6.39. The molecular weight excluding hydrogens is 428 g/mol. The summed E-state index contributed by atoms with van der Waals surface area (Å²) in [4.78, 5) is 38.7. The average Bonchev–Trinajstić information content (AvgIpc) is 2.69. The number of piperazine rings is 1. The molecule has 1 N–H and O–H groups in total. The Labute approximate surface area is 170 Å². The zero-order valence-corrected chi connectivity index (χ0v) is 16.8. The molecule has 0 bridgehead atoms. The van der Waals surface area contributed by atoms with Crippen LogP contribution in [0.1, 0.15) is 17.3 Å². The predicted molar refractivity (Wildman–Crippen MR) is 110 cm³/mol. The fourth-order valence-corrected chi connectivity index (χ4v) is 3.48. The molecule has 9 heteroatoms. The van der Waals surface area contributed by atoms with Crippen molar-refractivity contribution in [3.63, 3.8) is 0 Å². The lowest BCUT2D eigenvalue weighted by Crippen LogP contribution is -2.48. The Hall–Kier alpha value is -2.94. The van der Waals surface area contributed by atoms with Gasteiger partial charge in [-0.1, -0.05) is 12.1 Å². The number of hydrogen-bond acceptors (Lipinski definition) is 5. The van der Waals surface area contributed by atoms with Crippen molar-refractivity contribution in [2.24, 2.45) is 0 Å². The van der Waals surface area contributed by atoms with Gasteiger partial charge >= 0.3 is 0 Å². The van der Waals surface area contributed by atoms with Gasteiger partial charge in [-0.25, -0.2) is 0 Å². The van der Waals surface area contributed by atoms with Crippen LogP contribution in [-0.4, -0.2) is 47.8 Å². The van der Waals surface area contributed by atoms with E-state index in [1.807, 2.05) is 11.0 Å². The highest BCUT2D eigenvalue weighted by atomic mass is 79.9. The van der Waals surface area contributed by atoms with Crippen LogP contribution in [0.15, 0.2) is 46.9 Å². The topological polar surface area (TPSA) is 95.8 Å². The average molecular weight is 447 g/mol. The molecule has 2 aromatic carbocycles. The number of benzene rings is 2. The van der Waals surface area contributed by atoms with E-state index in [0.29, 0.717) is 37.6 Å². The molecule has 1 aliphatic heterocycles. The van der Waals surface area contributed by atoms with Crippen LogP contribution in [0.4, 0.5) is 17.1 Å². The van der Waals surface area contributed by atoms with Crippen molar-refractivity contribution in [1.29, 1.82) is 0 Å². The van der Waals surface area contributed by atoms with Gasteiger partial charge in [-0.2, -0.15) is 0 Å². The van der Waals surface area contributed by atoms with Crippen molar-refractivity contribution in [3.8, 4) is 0 Å². The molecule has 1 aliphatic rings. The monoisotopic (exact) mass is 446 g/mol. The second-order valence-corrected chi connectivity index (χ2v) is 7.24. The first-order valence-corrected chi connectivity index (χ1v) is 9.51. The van der Waals surface area contributed by atoms with Gasteiger partial charge in [0.15, 0.2) is 0 Å². The smallest absolute Gasteiger partial charge is 0.293 e. The molecule has 2 amide bonds. The SMILES string of the molecule is CC(=O)N1CCN(c2ccc(C(=O)Nc3ccccc3Br)cc2[N+](=O)[O-])CC1. The minimum Gasteiger partial charge on any atom is -0.362 e. The summed E-state index contributed by atoms with van der Waals surface area (Å²) in [6, 6.07) is 11.6.